The molecule has 3 unspecified atom stereocenters. The minimum atomic E-state index is -3.77. The van der Waals surface area contributed by atoms with Crippen molar-refractivity contribution in [2.75, 3.05) is 27.7 Å². The van der Waals surface area contributed by atoms with E-state index in [9.17, 15) is 13.5 Å². The van der Waals surface area contributed by atoms with Crippen LogP contribution < -0.4 is 9.46 Å². The normalized spacial score (nSPS) is 23.9. The van der Waals surface area contributed by atoms with E-state index in [4.69, 9.17) is 4.74 Å². The van der Waals surface area contributed by atoms with E-state index >= 15 is 0 Å². The number of hydrogen-bond donors (Lipinski definition) is 2. The van der Waals surface area contributed by atoms with Crippen molar-refractivity contribution in [2.24, 2.45) is 5.92 Å². The van der Waals surface area contributed by atoms with Gasteiger partial charge in [0.15, 0.2) is 0 Å². The highest BCUT2D eigenvalue weighted by Crippen LogP contribution is 2.48. The highest BCUT2D eigenvalue weighted by atomic mass is 35.5. The van der Waals surface area contributed by atoms with Crippen LogP contribution in [0.25, 0.3) is 0 Å². The summed E-state index contributed by atoms with van der Waals surface area (Å²) in [5, 5.41) is 12.1. The fraction of sp³-hybridized carbons (Fsp3) is 0.379. The van der Waals surface area contributed by atoms with Crippen LogP contribution in [0.5, 0.6) is 5.75 Å². The molecule has 3 atom stereocenters. The standard InChI is InChI=1S/C29H36N2O4S.ClH/c1-31(2)22-25-21-28(20-23-11-6-4-7-12-23,30-36(33,34)27-15-8-5-9-16-27)17-18-29(25,32)24-13-10-14-26(19-24)35-3;/h4-16,19,25,30,32H,17-18,20-22H2,1-3H3;1H. The van der Waals surface area contributed by atoms with Crippen molar-refractivity contribution in [3.8, 4) is 5.75 Å². The summed E-state index contributed by atoms with van der Waals surface area (Å²) in [5.74, 6) is 0.478. The molecule has 37 heavy (non-hydrogen) atoms. The zero-order valence-corrected chi connectivity index (χ0v) is 23.3. The fourth-order valence-corrected chi connectivity index (χ4v) is 6.99. The van der Waals surface area contributed by atoms with Gasteiger partial charge in [-0.05, 0) is 75.2 Å². The van der Waals surface area contributed by atoms with Crippen LogP contribution in [0.3, 0.4) is 0 Å². The number of methoxy groups -OCH3 is 1. The molecule has 0 aromatic heterocycles. The van der Waals surface area contributed by atoms with Crippen molar-refractivity contribution in [3.63, 3.8) is 0 Å². The number of aliphatic hydroxyl groups is 1. The molecule has 0 amide bonds. The van der Waals surface area contributed by atoms with E-state index < -0.39 is 21.2 Å². The summed E-state index contributed by atoms with van der Waals surface area (Å²) in [6.07, 6.45) is 1.94. The van der Waals surface area contributed by atoms with E-state index in [1.807, 2.05) is 68.7 Å². The predicted molar refractivity (Wildman–Crippen MR) is 150 cm³/mol. The second-order valence-electron chi connectivity index (χ2n) is 10.2. The van der Waals surface area contributed by atoms with E-state index in [2.05, 4.69) is 9.62 Å². The first kappa shape index (κ1) is 29.1. The van der Waals surface area contributed by atoms with Gasteiger partial charge in [-0.25, -0.2) is 13.1 Å². The molecule has 4 rings (SSSR count). The summed E-state index contributed by atoms with van der Waals surface area (Å²) < 4.78 is 35.6. The Bertz CT molecular complexity index is 1260. The van der Waals surface area contributed by atoms with Gasteiger partial charge in [-0.2, -0.15) is 0 Å². The average Bonchev–Trinajstić information content (AvgIpc) is 2.87. The second-order valence-corrected chi connectivity index (χ2v) is 11.9. The maximum absolute atomic E-state index is 13.5. The number of benzene rings is 3. The van der Waals surface area contributed by atoms with E-state index in [0.717, 1.165) is 11.1 Å². The third-order valence-corrected chi connectivity index (χ3v) is 8.84. The van der Waals surface area contributed by atoms with Crippen molar-refractivity contribution < 1.29 is 18.3 Å². The minimum absolute atomic E-state index is 0. The minimum Gasteiger partial charge on any atom is -0.497 e. The third-order valence-electron chi connectivity index (χ3n) is 7.24. The molecule has 0 heterocycles. The Morgan fingerprint density at radius 1 is 0.973 bits per heavy atom. The molecule has 1 saturated carbocycles. The van der Waals surface area contributed by atoms with Crippen molar-refractivity contribution in [3.05, 3.63) is 96.1 Å². The molecule has 0 bridgehead atoms. The number of ether oxygens (including phenoxy) is 1. The molecule has 1 fully saturated rings. The molecule has 8 heteroatoms. The van der Waals surface area contributed by atoms with Gasteiger partial charge < -0.3 is 14.7 Å². The lowest BCUT2D eigenvalue weighted by Gasteiger charge is -2.50. The Hall–Kier alpha value is -2.42. The molecule has 0 radical (unpaired) electrons. The first-order valence-corrected chi connectivity index (χ1v) is 13.8. The van der Waals surface area contributed by atoms with Crippen LogP contribution in [-0.2, 0) is 22.0 Å². The number of rotatable bonds is 9. The van der Waals surface area contributed by atoms with Crippen molar-refractivity contribution in [1.82, 2.24) is 9.62 Å². The topological polar surface area (TPSA) is 78.9 Å². The molecule has 1 aliphatic rings. The lowest BCUT2D eigenvalue weighted by atomic mass is 9.63. The maximum Gasteiger partial charge on any atom is 0.241 e. The highest BCUT2D eigenvalue weighted by Gasteiger charge is 2.51. The zero-order chi connectivity index (χ0) is 25.8. The van der Waals surface area contributed by atoms with Crippen molar-refractivity contribution in [2.45, 2.75) is 41.7 Å². The Morgan fingerprint density at radius 3 is 2.24 bits per heavy atom. The highest BCUT2D eigenvalue weighted by molar-refractivity contribution is 7.89. The van der Waals surface area contributed by atoms with Gasteiger partial charge in [-0.15, -0.1) is 12.4 Å². The van der Waals surface area contributed by atoms with Gasteiger partial charge in [-0.1, -0.05) is 60.7 Å². The summed E-state index contributed by atoms with van der Waals surface area (Å²) in [7, 11) is 1.81. The summed E-state index contributed by atoms with van der Waals surface area (Å²) in [4.78, 5) is 2.30. The number of nitrogens with zero attached hydrogens (tertiary/aromatic N) is 1. The molecule has 3 aromatic carbocycles. The quantitative estimate of drug-likeness (QED) is 0.411. The van der Waals surface area contributed by atoms with Crippen LogP contribution in [0.15, 0.2) is 89.8 Å². The average molecular weight is 545 g/mol. The summed E-state index contributed by atoms with van der Waals surface area (Å²) in [6, 6.07) is 26.1. The van der Waals surface area contributed by atoms with Crippen LogP contribution in [0, 0.1) is 5.92 Å². The summed E-state index contributed by atoms with van der Waals surface area (Å²) in [6.45, 7) is 0.608. The smallest absolute Gasteiger partial charge is 0.241 e. The molecule has 6 nitrogen and oxygen atoms in total. The van der Waals surface area contributed by atoms with Gasteiger partial charge in [0, 0.05) is 18.0 Å². The van der Waals surface area contributed by atoms with E-state index in [0.29, 0.717) is 38.0 Å². The second kappa shape index (κ2) is 12.0. The van der Waals surface area contributed by atoms with Crippen LogP contribution in [-0.4, -0.2) is 51.7 Å². The molecule has 200 valence electrons. The van der Waals surface area contributed by atoms with Gasteiger partial charge in [0.1, 0.15) is 5.75 Å². The lowest BCUT2D eigenvalue weighted by Crippen LogP contribution is -2.59. The lowest BCUT2D eigenvalue weighted by molar-refractivity contribution is -0.0828. The van der Waals surface area contributed by atoms with E-state index in [-0.39, 0.29) is 23.2 Å². The van der Waals surface area contributed by atoms with Gasteiger partial charge in [-0.3, -0.25) is 0 Å². The molecule has 0 saturated heterocycles. The molecule has 0 spiro atoms. The van der Waals surface area contributed by atoms with Gasteiger partial charge >= 0.3 is 0 Å². The third kappa shape index (κ3) is 6.72. The fourth-order valence-electron chi connectivity index (χ4n) is 5.52. The van der Waals surface area contributed by atoms with Crippen LogP contribution in [0.4, 0.5) is 0 Å². The number of sulfonamides is 1. The van der Waals surface area contributed by atoms with Crippen molar-refractivity contribution >= 4 is 22.4 Å². The molecule has 0 aliphatic heterocycles. The Morgan fingerprint density at radius 2 is 1.62 bits per heavy atom. The van der Waals surface area contributed by atoms with Gasteiger partial charge in [0.25, 0.3) is 0 Å². The Balaban J connectivity index is 0.00000380. The summed E-state index contributed by atoms with van der Waals surface area (Å²) in [5.41, 5.74) is -0.00414. The summed E-state index contributed by atoms with van der Waals surface area (Å²) >= 11 is 0. The molecule has 3 aromatic rings. The number of nitrogens with one attached hydrogen (secondary N) is 1. The molecule has 2 N–H and O–H groups in total. The zero-order valence-electron chi connectivity index (χ0n) is 21.6. The maximum atomic E-state index is 13.5. The monoisotopic (exact) mass is 544 g/mol. The first-order chi connectivity index (χ1) is 17.2. The number of hydrogen-bond acceptors (Lipinski definition) is 5. The molecular formula is C29H37ClN2O4S. The largest absolute Gasteiger partial charge is 0.497 e. The van der Waals surface area contributed by atoms with E-state index in [1.165, 1.54) is 0 Å². The Kier molecular flexibility index (Phi) is 9.42. The molecule has 1 aliphatic carbocycles. The van der Waals surface area contributed by atoms with Crippen LogP contribution in [0.1, 0.15) is 30.4 Å². The van der Waals surface area contributed by atoms with Crippen LogP contribution >= 0.6 is 12.4 Å². The van der Waals surface area contributed by atoms with Crippen molar-refractivity contribution in [1.29, 1.82) is 0 Å². The van der Waals surface area contributed by atoms with E-state index in [1.54, 1.807) is 37.4 Å². The SMILES string of the molecule is COc1cccc(C2(O)CCC(Cc3ccccc3)(NS(=O)(=O)c3ccccc3)CC2CN(C)C)c1.Cl. The molecular weight excluding hydrogens is 508 g/mol. The Labute approximate surface area is 227 Å². The van der Waals surface area contributed by atoms with Gasteiger partial charge in [0.05, 0.1) is 17.6 Å². The number of halogens is 1. The first-order valence-electron chi connectivity index (χ1n) is 12.3. The van der Waals surface area contributed by atoms with Gasteiger partial charge in [0.2, 0.25) is 10.0 Å². The van der Waals surface area contributed by atoms with Crippen LogP contribution in [0.2, 0.25) is 0 Å². The predicted octanol–water partition coefficient (Wildman–Crippen LogP) is 4.63.